The average Bonchev–Trinajstić information content (AvgIpc) is 3.15. The Bertz CT molecular complexity index is 926. The number of alkyl halides is 3. The van der Waals surface area contributed by atoms with Crippen LogP contribution in [0.25, 0.3) is 11.4 Å². The topological polar surface area (TPSA) is 73.1 Å². The van der Waals surface area contributed by atoms with Crippen LogP contribution in [-0.4, -0.2) is 45.9 Å². The van der Waals surface area contributed by atoms with Crippen molar-refractivity contribution in [2.75, 3.05) is 18.6 Å². The molecule has 0 fully saturated rings. The van der Waals surface area contributed by atoms with E-state index in [2.05, 4.69) is 15.4 Å². The van der Waals surface area contributed by atoms with Crippen LogP contribution in [0, 0.1) is 0 Å². The van der Waals surface area contributed by atoms with Crippen molar-refractivity contribution < 1.29 is 22.7 Å². The predicted octanol–water partition coefficient (Wildman–Crippen LogP) is 2.94. The van der Waals surface area contributed by atoms with Crippen LogP contribution in [0.5, 0.6) is 5.75 Å². The van der Waals surface area contributed by atoms with Gasteiger partial charge in [-0.25, -0.2) is 0 Å². The predicted molar refractivity (Wildman–Crippen MR) is 94.7 cm³/mol. The van der Waals surface area contributed by atoms with Crippen LogP contribution < -0.4 is 9.64 Å². The number of tetrazole rings is 1. The second-order valence-electron chi connectivity index (χ2n) is 5.80. The van der Waals surface area contributed by atoms with Crippen LogP contribution in [0.2, 0.25) is 0 Å². The summed E-state index contributed by atoms with van der Waals surface area (Å²) in [7, 11) is 1.44. The van der Waals surface area contributed by atoms with Gasteiger partial charge in [0.15, 0.2) is 0 Å². The highest BCUT2D eigenvalue weighted by atomic mass is 19.4. The molecule has 0 bridgehead atoms. The van der Waals surface area contributed by atoms with E-state index in [1.165, 1.54) is 31.4 Å². The third kappa shape index (κ3) is 4.84. The Morgan fingerprint density at radius 1 is 1.11 bits per heavy atom. The van der Waals surface area contributed by atoms with Gasteiger partial charge in [0.1, 0.15) is 18.8 Å². The number of rotatable bonds is 6. The molecule has 0 saturated carbocycles. The van der Waals surface area contributed by atoms with E-state index in [1.54, 1.807) is 24.3 Å². The Balaban J connectivity index is 1.80. The zero-order valence-electron chi connectivity index (χ0n) is 14.8. The highest BCUT2D eigenvalue weighted by molar-refractivity contribution is 5.93. The standard InChI is InChI=1S/C18H16F3N5O2/c1-28-15-9-7-14(8-10-15)25(12-18(19,20)21)16(27)11-26-23-17(22-24-26)13-5-3-2-4-6-13/h2-10H,11-12H2,1H3. The molecule has 0 aliphatic carbocycles. The monoisotopic (exact) mass is 391 g/mol. The average molecular weight is 391 g/mol. The normalized spacial score (nSPS) is 11.3. The fraction of sp³-hybridized carbons (Fsp3) is 0.222. The number of benzene rings is 2. The van der Waals surface area contributed by atoms with Gasteiger partial charge in [-0.1, -0.05) is 30.3 Å². The molecule has 1 aromatic heterocycles. The summed E-state index contributed by atoms with van der Waals surface area (Å²) in [6.45, 7) is -1.92. The first-order chi connectivity index (χ1) is 13.4. The van der Waals surface area contributed by atoms with E-state index in [9.17, 15) is 18.0 Å². The van der Waals surface area contributed by atoms with Crippen LogP contribution in [0.1, 0.15) is 0 Å². The van der Waals surface area contributed by atoms with Gasteiger partial charge < -0.3 is 9.64 Å². The number of anilines is 1. The van der Waals surface area contributed by atoms with Crippen molar-refractivity contribution in [3.63, 3.8) is 0 Å². The maximum absolute atomic E-state index is 13.0. The summed E-state index contributed by atoms with van der Waals surface area (Å²) >= 11 is 0. The van der Waals surface area contributed by atoms with Crippen molar-refractivity contribution in [3.8, 4) is 17.1 Å². The summed E-state index contributed by atoms with van der Waals surface area (Å²) in [6, 6.07) is 14.6. The summed E-state index contributed by atoms with van der Waals surface area (Å²) in [4.78, 5) is 14.2. The molecule has 7 nitrogen and oxygen atoms in total. The molecule has 0 N–H and O–H groups in total. The Hall–Kier alpha value is -3.43. The number of amides is 1. The zero-order chi connectivity index (χ0) is 20.1. The maximum atomic E-state index is 13.0. The SMILES string of the molecule is COc1ccc(N(CC(F)(F)F)C(=O)Cn2nnc(-c3ccccc3)n2)cc1. The molecule has 1 heterocycles. The zero-order valence-corrected chi connectivity index (χ0v) is 14.8. The maximum Gasteiger partial charge on any atom is 0.406 e. The van der Waals surface area contributed by atoms with Crippen LogP contribution in [0.3, 0.4) is 0 Å². The Morgan fingerprint density at radius 3 is 2.39 bits per heavy atom. The summed E-state index contributed by atoms with van der Waals surface area (Å²) in [5.74, 6) is -0.0756. The third-order valence-corrected chi connectivity index (χ3v) is 3.78. The van der Waals surface area contributed by atoms with E-state index in [0.29, 0.717) is 16.2 Å². The first kappa shape index (κ1) is 19.3. The van der Waals surface area contributed by atoms with E-state index in [1.807, 2.05) is 6.07 Å². The molecule has 3 aromatic rings. The number of hydrogen-bond acceptors (Lipinski definition) is 5. The second-order valence-corrected chi connectivity index (χ2v) is 5.80. The van der Waals surface area contributed by atoms with Crippen molar-refractivity contribution in [2.24, 2.45) is 0 Å². The van der Waals surface area contributed by atoms with E-state index in [-0.39, 0.29) is 11.5 Å². The minimum Gasteiger partial charge on any atom is -0.497 e. The molecular weight excluding hydrogens is 375 g/mol. The summed E-state index contributed by atoms with van der Waals surface area (Å²) < 4.78 is 44.0. The van der Waals surface area contributed by atoms with Gasteiger partial charge >= 0.3 is 6.18 Å². The molecule has 0 spiro atoms. The third-order valence-electron chi connectivity index (χ3n) is 3.78. The lowest BCUT2D eigenvalue weighted by Gasteiger charge is -2.24. The van der Waals surface area contributed by atoms with Crippen LogP contribution in [0.4, 0.5) is 18.9 Å². The molecule has 0 radical (unpaired) electrons. The molecule has 0 unspecified atom stereocenters. The van der Waals surface area contributed by atoms with Crippen molar-refractivity contribution in [1.29, 1.82) is 0 Å². The Kier molecular flexibility index (Phi) is 5.57. The largest absolute Gasteiger partial charge is 0.497 e. The van der Waals surface area contributed by atoms with Gasteiger partial charge in [-0.3, -0.25) is 4.79 Å². The quantitative estimate of drug-likeness (QED) is 0.646. The summed E-state index contributed by atoms with van der Waals surface area (Å²) in [5.41, 5.74) is 0.773. The number of nitrogens with zero attached hydrogens (tertiary/aromatic N) is 5. The first-order valence-corrected chi connectivity index (χ1v) is 8.20. The molecule has 0 atom stereocenters. The van der Waals surface area contributed by atoms with Crippen molar-refractivity contribution in [1.82, 2.24) is 20.2 Å². The Morgan fingerprint density at radius 2 is 1.79 bits per heavy atom. The molecule has 10 heteroatoms. The van der Waals surface area contributed by atoms with Gasteiger partial charge in [0.05, 0.1) is 7.11 Å². The van der Waals surface area contributed by atoms with Gasteiger partial charge in [0.2, 0.25) is 5.82 Å². The number of hydrogen-bond donors (Lipinski definition) is 0. The van der Waals surface area contributed by atoms with Gasteiger partial charge in [0, 0.05) is 11.3 Å². The smallest absolute Gasteiger partial charge is 0.406 e. The van der Waals surface area contributed by atoms with Crippen molar-refractivity contribution >= 4 is 11.6 Å². The lowest BCUT2D eigenvalue weighted by molar-refractivity contribution is -0.133. The molecule has 0 aliphatic heterocycles. The molecule has 28 heavy (non-hydrogen) atoms. The van der Waals surface area contributed by atoms with E-state index in [0.717, 1.165) is 4.80 Å². The number of aromatic nitrogens is 4. The van der Waals surface area contributed by atoms with Gasteiger partial charge in [0.25, 0.3) is 5.91 Å². The minimum atomic E-state index is -4.57. The van der Waals surface area contributed by atoms with E-state index >= 15 is 0 Å². The van der Waals surface area contributed by atoms with Crippen molar-refractivity contribution in [3.05, 3.63) is 54.6 Å². The molecule has 2 aromatic carbocycles. The number of ether oxygens (including phenoxy) is 1. The highest BCUT2D eigenvalue weighted by Crippen LogP contribution is 2.24. The highest BCUT2D eigenvalue weighted by Gasteiger charge is 2.34. The number of halogens is 3. The van der Waals surface area contributed by atoms with Gasteiger partial charge in [-0.05, 0) is 29.5 Å². The van der Waals surface area contributed by atoms with Gasteiger partial charge in [-0.2, -0.15) is 18.0 Å². The Labute approximate surface area is 158 Å². The molecule has 0 aliphatic rings. The fourth-order valence-corrected chi connectivity index (χ4v) is 2.48. The number of carbonyl (C=O) groups is 1. The van der Waals surface area contributed by atoms with Gasteiger partial charge in [-0.15, -0.1) is 10.2 Å². The lowest BCUT2D eigenvalue weighted by Crippen LogP contribution is -2.41. The van der Waals surface area contributed by atoms with Crippen LogP contribution in [0.15, 0.2) is 54.6 Å². The van der Waals surface area contributed by atoms with Crippen LogP contribution >= 0.6 is 0 Å². The molecule has 0 saturated heterocycles. The van der Waals surface area contributed by atoms with E-state index in [4.69, 9.17) is 4.74 Å². The fourth-order valence-electron chi connectivity index (χ4n) is 2.48. The molecule has 146 valence electrons. The van der Waals surface area contributed by atoms with Crippen molar-refractivity contribution in [2.45, 2.75) is 12.7 Å². The molecule has 1 amide bonds. The lowest BCUT2D eigenvalue weighted by atomic mass is 10.2. The van der Waals surface area contributed by atoms with Crippen LogP contribution in [-0.2, 0) is 11.3 Å². The summed E-state index contributed by atoms with van der Waals surface area (Å²) in [6.07, 6.45) is -4.57. The second kappa shape index (κ2) is 8.07. The number of carbonyl (C=O) groups excluding carboxylic acids is 1. The summed E-state index contributed by atoms with van der Waals surface area (Å²) in [5, 5.41) is 11.7. The number of methoxy groups -OCH3 is 1. The minimum absolute atomic E-state index is 0.0894. The molecular formula is C18H16F3N5O2. The first-order valence-electron chi connectivity index (χ1n) is 8.20. The molecule has 3 rings (SSSR count). The van der Waals surface area contributed by atoms with E-state index < -0.39 is 25.2 Å².